The predicted octanol–water partition coefficient (Wildman–Crippen LogP) is 0.300. The lowest BCUT2D eigenvalue weighted by molar-refractivity contribution is 0.0983. The summed E-state index contributed by atoms with van der Waals surface area (Å²) in [6.07, 6.45) is 1.43. The van der Waals surface area contributed by atoms with Gasteiger partial charge in [-0.25, -0.2) is 0 Å². The Kier molecular flexibility index (Phi) is 2.09. The molecule has 66 valence electrons. The second-order valence-corrected chi connectivity index (χ2v) is 3.37. The van der Waals surface area contributed by atoms with Gasteiger partial charge in [-0.2, -0.15) is 0 Å². The normalized spacial score (nSPS) is 15.8. The molecule has 13 heavy (non-hydrogen) atoms. The molecule has 0 aromatic heterocycles. The minimum Gasteiger partial charge on any atom is -0.493 e. The zero-order valence-corrected chi connectivity index (χ0v) is 7.67. The topological polar surface area (TPSA) is 26.3 Å². The quantitative estimate of drug-likeness (QED) is 0.528. The number of hydrogen-bond acceptors (Lipinski definition) is 2. The molecule has 0 amide bonds. The molecule has 1 heterocycles. The zero-order chi connectivity index (χ0) is 9.26. The van der Waals surface area contributed by atoms with Crippen molar-refractivity contribution >= 4 is 19.1 Å². The maximum absolute atomic E-state index is 11.5. The first-order chi connectivity index (χ1) is 6.27. The van der Waals surface area contributed by atoms with Gasteiger partial charge >= 0.3 is 0 Å². The minimum absolute atomic E-state index is 0.201. The van der Waals surface area contributed by atoms with Gasteiger partial charge in [0.2, 0.25) is 0 Å². The summed E-state index contributed by atoms with van der Waals surface area (Å²) in [4.78, 5) is 11.5. The molecular formula is C10H11BO2. The van der Waals surface area contributed by atoms with Crippen LogP contribution >= 0.6 is 0 Å². The Morgan fingerprint density at radius 2 is 2.23 bits per heavy atom. The van der Waals surface area contributed by atoms with E-state index in [1.165, 1.54) is 0 Å². The molecule has 0 radical (unpaired) electrons. The summed E-state index contributed by atoms with van der Waals surface area (Å²) in [5.41, 5.74) is 1.87. The van der Waals surface area contributed by atoms with Gasteiger partial charge in [-0.3, -0.25) is 4.79 Å². The van der Waals surface area contributed by atoms with E-state index in [1.54, 1.807) is 0 Å². The van der Waals surface area contributed by atoms with Crippen LogP contribution in [0.4, 0.5) is 0 Å². The van der Waals surface area contributed by atoms with Gasteiger partial charge in [0.25, 0.3) is 0 Å². The summed E-state index contributed by atoms with van der Waals surface area (Å²) in [6, 6.07) is 5.74. The number of rotatable bonds is 0. The zero-order valence-electron chi connectivity index (χ0n) is 7.67. The van der Waals surface area contributed by atoms with Crippen LogP contribution in [0.1, 0.15) is 23.2 Å². The number of carbonyl (C=O) groups is 1. The number of fused-ring (bicyclic) bond motifs is 1. The first kappa shape index (κ1) is 8.36. The van der Waals surface area contributed by atoms with Crippen molar-refractivity contribution in [2.45, 2.75) is 12.8 Å². The van der Waals surface area contributed by atoms with Crippen LogP contribution in [-0.4, -0.2) is 20.2 Å². The van der Waals surface area contributed by atoms with E-state index in [2.05, 4.69) is 0 Å². The summed E-state index contributed by atoms with van der Waals surface area (Å²) in [6.45, 7) is 0.655. The molecule has 2 rings (SSSR count). The Hall–Kier alpha value is -1.25. The van der Waals surface area contributed by atoms with E-state index in [1.807, 2.05) is 26.0 Å². The molecule has 0 atom stereocenters. The van der Waals surface area contributed by atoms with E-state index in [0.717, 1.165) is 23.2 Å². The lowest BCUT2D eigenvalue weighted by Gasteiger charge is -2.06. The molecule has 0 aliphatic carbocycles. The highest BCUT2D eigenvalue weighted by Crippen LogP contribution is 2.22. The van der Waals surface area contributed by atoms with Gasteiger partial charge in [0.15, 0.2) is 5.78 Å². The van der Waals surface area contributed by atoms with Gasteiger partial charge in [-0.1, -0.05) is 11.5 Å². The van der Waals surface area contributed by atoms with Crippen molar-refractivity contribution in [1.29, 1.82) is 0 Å². The van der Waals surface area contributed by atoms with Crippen LogP contribution in [0.3, 0.4) is 0 Å². The molecule has 0 bridgehead atoms. The Balaban J connectivity index is 2.48. The molecule has 3 heteroatoms. The van der Waals surface area contributed by atoms with Gasteiger partial charge in [0, 0.05) is 6.42 Å². The summed E-state index contributed by atoms with van der Waals surface area (Å²) in [5.74, 6) is 0.954. The lowest BCUT2D eigenvalue weighted by atomic mass is 9.93. The molecule has 0 saturated heterocycles. The summed E-state index contributed by atoms with van der Waals surface area (Å²) in [7, 11) is 2.00. The summed E-state index contributed by atoms with van der Waals surface area (Å²) in [5, 5.41) is 0. The molecule has 0 saturated carbocycles. The highest BCUT2D eigenvalue weighted by Gasteiger charge is 2.15. The van der Waals surface area contributed by atoms with E-state index in [4.69, 9.17) is 4.74 Å². The fourth-order valence-corrected chi connectivity index (χ4v) is 1.53. The molecule has 1 aliphatic heterocycles. The molecule has 0 N–H and O–H groups in total. The fraction of sp³-hybridized carbons (Fsp3) is 0.300. The largest absolute Gasteiger partial charge is 0.493 e. The third-order valence-electron chi connectivity index (χ3n) is 2.24. The van der Waals surface area contributed by atoms with Crippen molar-refractivity contribution in [1.82, 2.24) is 0 Å². The predicted molar refractivity (Wildman–Crippen MR) is 53.7 cm³/mol. The SMILES string of the molecule is Bc1ccc2c(c1)OCCCC2=O. The van der Waals surface area contributed by atoms with E-state index in [9.17, 15) is 4.79 Å². The first-order valence-electron chi connectivity index (χ1n) is 4.54. The molecule has 1 aromatic carbocycles. The van der Waals surface area contributed by atoms with Gasteiger partial charge in [0.05, 0.1) is 12.2 Å². The Morgan fingerprint density at radius 1 is 1.38 bits per heavy atom. The highest BCUT2D eigenvalue weighted by atomic mass is 16.5. The third kappa shape index (κ3) is 1.59. The lowest BCUT2D eigenvalue weighted by Crippen LogP contribution is -2.06. The number of Topliss-reactive ketones (excluding diaryl/α,β-unsaturated/α-hetero) is 1. The van der Waals surface area contributed by atoms with Crippen LogP contribution in [0.25, 0.3) is 0 Å². The van der Waals surface area contributed by atoms with Crippen molar-refractivity contribution in [3.05, 3.63) is 23.8 Å². The fourth-order valence-electron chi connectivity index (χ4n) is 1.53. The number of carbonyl (C=O) groups excluding carboxylic acids is 1. The maximum Gasteiger partial charge on any atom is 0.166 e. The molecular weight excluding hydrogens is 163 g/mol. The Bertz CT molecular complexity index is 347. The van der Waals surface area contributed by atoms with Crippen LogP contribution in [0, 0.1) is 0 Å². The van der Waals surface area contributed by atoms with Gasteiger partial charge in [0.1, 0.15) is 13.6 Å². The number of ether oxygens (including phenoxy) is 1. The average Bonchev–Trinajstić information content (AvgIpc) is 2.28. The molecule has 2 nitrogen and oxygen atoms in total. The number of hydrogen-bond donors (Lipinski definition) is 0. The second-order valence-electron chi connectivity index (χ2n) is 3.37. The molecule has 0 spiro atoms. The van der Waals surface area contributed by atoms with E-state index >= 15 is 0 Å². The van der Waals surface area contributed by atoms with Crippen molar-refractivity contribution in [3.63, 3.8) is 0 Å². The van der Waals surface area contributed by atoms with E-state index in [-0.39, 0.29) is 5.78 Å². The smallest absolute Gasteiger partial charge is 0.166 e. The molecule has 0 fully saturated rings. The van der Waals surface area contributed by atoms with Gasteiger partial charge in [-0.05, 0) is 18.6 Å². The molecule has 1 aromatic rings. The van der Waals surface area contributed by atoms with Crippen molar-refractivity contribution in [2.24, 2.45) is 0 Å². The first-order valence-corrected chi connectivity index (χ1v) is 4.54. The van der Waals surface area contributed by atoms with Crippen molar-refractivity contribution in [3.8, 4) is 5.75 Å². The number of ketones is 1. The van der Waals surface area contributed by atoms with Crippen LogP contribution < -0.4 is 10.2 Å². The van der Waals surface area contributed by atoms with E-state index < -0.39 is 0 Å². The number of benzene rings is 1. The van der Waals surface area contributed by atoms with Crippen molar-refractivity contribution < 1.29 is 9.53 Å². The average molecular weight is 174 g/mol. The third-order valence-corrected chi connectivity index (χ3v) is 2.24. The van der Waals surface area contributed by atoms with Gasteiger partial charge < -0.3 is 4.74 Å². The molecule has 1 aliphatic rings. The standard InChI is InChI=1S/C10H11BO2/c11-7-3-4-8-9(12)2-1-5-13-10(8)6-7/h3-4,6H,1-2,5,11H2. The van der Waals surface area contributed by atoms with Crippen LogP contribution in [0.15, 0.2) is 18.2 Å². The maximum atomic E-state index is 11.5. The molecule has 0 unspecified atom stereocenters. The van der Waals surface area contributed by atoms with E-state index in [0.29, 0.717) is 13.0 Å². The Morgan fingerprint density at radius 3 is 3.08 bits per heavy atom. The van der Waals surface area contributed by atoms with Gasteiger partial charge in [-0.15, -0.1) is 0 Å². The Labute approximate surface area is 78.3 Å². The van der Waals surface area contributed by atoms with Crippen molar-refractivity contribution in [2.75, 3.05) is 6.61 Å². The minimum atomic E-state index is 0.201. The monoisotopic (exact) mass is 174 g/mol. The van der Waals surface area contributed by atoms with Crippen LogP contribution in [0.5, 0.6) is 5.75 Å². The van der Waals surface area contributed by atoms with Crippen LogP contribution in [-0.2, 0) is 0 Å². The highest BCUT2D eigenvalue weighted by molar-refractivity contribution is 6.32. The van der Waals surface area contributed by atoms with Crippen LogP contribution in [0.2, 0.25) is 0 Å². The second kappa shape index (κ2) is 3.25. The summed E-state index contributed by atoms with van der Waals surface area (Å²) >= 11 is 0. The summed E-state index contributed by atoms with van der Waals surface area (Å²) < 4.78 is 5.48.